The first-order valence-electron chi connectivity index (χ1n) is 4.61. The van der Waals surface area contributed by atoms with Gasteiger partial charge in [0.15, 0.2) is 10.0 Å². The zero-order valence-electron chi connectivity index (χ0n) is 8.35. The van der Waals surface area contributed by atoms with Crippen LogP contribution in [-0.2, 0) is 0 Å². The molecule has 80 valence electrons. The maximum absolute atomic E-state index is 4.13. The lowest BCUT2D eigenvalue weighted by atomic mass is 10.5. The monoisotopic (exact) mass is 247 g/mol. The van der Waals surface area contributed by atoms with Crippen molar-refractivity contribution in [2.45, 2.75) is 0 Å². The fraction of sp³-hybridized carbons (Fsp3) is 0. The molecule has 3 aromatic rings. The molecule has 3 heterocycles. The van der Waals surface area contributed by atoms with Crippen LogP contribution < -0.4 is 0 Å². The van der Waals surface area contributed by atoms with Crippen LogP contribution in [0.1, 0.15) is 0 Å². The van der Waals surface area contributed by atoms with Crippen LogP contribution in [0.3, 0.4) is 0 Å². The second kappa shape index (κ2) is 6.09. The topological polar surface area (TPSA) is 38.7 Å². The van der Waals surface area contributed by atoms with Crippen LogP contribution in [0.25, 0.3) is 10.0 Å². The molecule has 5 heteroatoms. The van der Waals surface area contributed by atoms with Crippen LogP contribution in [-0.4, -0.2) is 15.0 Å². The van der Waals surface area contributed by atoms with E-state index in [0.717, 1.165) is 10.0 Å². The maximum atomic E-state index is 4.13. The minimum atomic E-state index is 1.01. The number of hydrogen-bond donors (Lipinski definition) is 0. The largest absolute Gasteiger partial charge is 0.265 e. The van der Waals surface area contributed by atoms with Gasteiger partial charge in [-0.05, 0) is 12.1 Å². The van der Waals surface area contributed by atoms with Crippen LogP contribution in [0, 0.1) is 0 Å². The van der Waals surface area contributed by atoms with Crippen molar-refractivity contribution in [1.29, 1.82) is 0 Å². The highest BCUT2D eigenvalue weighted by atomic mass is 32.1. The van der Waals surface area contributed by atoms with E-state index >= 15 is 0 Å². The maximum Gasteiger partial charge on any atom is 0.152 e. The van der Waals surface area contributed by atoms with Crippen LogP contribution in [0.5, 0.6) is 0 Å². The number of rotatable bonds is 1. The Kier molecular flexibility index (Phi) is 4.16. The van der Waals surface area contributed by atoms with E-state index in [1.165, 1.54) is 0 Å². The van der Waals surface area contributed by atoms with Gasteiger partial charge in [-0.15, -0.1) is 22.7 Å². The predicted molar refractivity (Wildman–Crippen MR) is 67.5 cm³/mol. The summed E-state index contributed by atoms with van der Waals surface area (Å²) in [6, 6.07) is 5.72. The van der Waals surface area contributed by atoms with Crippen LogP contribution in [0.4, 0.5) is 0 Å². The van der Waals surface area contributed by atoms with E-state index in [9.17, 15) is 0 Å². The van der Waals surface area contributed by atoms with Crippen molar-refractivity contribution in [2.75, 3.05) is 0 Å². The summed E-state index contributed by atoms with van der Waals surface area (Å²) in [4.78, 5) is 12.0. The third-order valence-electron chi connectivity index (χ3n) is 1.61. The van der Waals surface area contributed by atoms with Crippen molar-refractivity contribution >= 4 is 22.7 Å². The van der Waals surface area contributed by atoms with E-state index < -0.39 is 0 Å². The first-order chi connectivity index (χ1) is 7.97. The second-order valence-corrected chi connectivity index (χ2v) is 4.49. The highest BCUT2D eigenvalue weighted by Crippen LogP contribution is 2.22. The lowest BCUT2D eigenvalue weighted by molar-refractivity contribution is 1.33. The standard InChI is InChI=1S/C6H4N2S2.C5H5N/c1-3-9-5(7-1)6-8-2-4-10-6;1-2-4-6-5-3-1/h1-4H;1-5H. The zero-order valence-corrected chi connectivity index (χ0v) is 9.99. The summed E-state index contributed by atoms with van der Waals surface area (Å²) in [5.41, 5.74) is 0. The molecule has 0 amide bonds. The summed E-state index contributed by atoms with van der Waals surface area (Å²) in [6.07, 6.45) is 7.09. The molecule has 0 atom stereocenters. The minimum Gasteiger partial charge on any atom is -0.265 e. The molecule has 0 saturated carbocycles. The van der Waals surface area contributed by atoms with Gasteiger partial charge < -0.3 is 0 Å². The summed E-state index contributed by atoms with van der Waals surface area (Å²) >= 11 is 3.23. The van der Waals surface area contributed by atoms with Crippen LogP contribution in [0.15, 0.2) is 53.7 Å². The zero-order chi connectivity index (χ0) is 11.1. The van der Waals surface area contributed by atoms with E-state index in [2.05, 4.69) is 15.0 Å². The Labute approximate surface area is 101 Å². The number of nitrogens with zero attached hydrogens (tertiary/aromatic N) is 3. The normalized spacial score (nSPS) is 9.25. The Bertz CT molecular complexity index is 418. The molecule has 0 N–H and O–H groups in total. The van der Waals surface area contributed by atoms with Gasteiger partial charge in [-0.3, -0.25) is 4.98 Å². The predicted octanol–water partition coefficient (Wildman–Crippen LogP) is 3.35. The Morgan fingerprint density at radius 1 is 0.688 bits per heavy atom. The van der Waals surface area contributed by atoms with Crippen molar-refractivity contribution < 1.29 is 0 Å². The number of aromatic nitrogens is 3. The molecule has 0 aliphatic carbocycles. The molecular weight excluding hydrogens is 238 g/mol. The molecule has 0 bridgehead atoms. The van der Waals surface area contributed by atoms with Crippen molar-refractivity contribution in [3.8, 4) is 10.0 Å². The minimum absolute atomic E-state index is 1.01. The number of pyridine rings is 1. The van der Waals surface area contributed by atoms with Gasteiger partial charge in [0.25, 0.3) is 0 Å². The molecule has 16 heavy (non-hydrogen) atoms. The summed E-state index contributed by atoms with van der Waals surface area (Å²) in [5.74, 6) is 0. The van der Waals surface area contributed by atoms with Gasteiger partial charge >= 0.3 is 0 Å². The molecule has 3 rings (SSSR count). The van der Waals surface area contributed by atoms with Crippen molar-refractivity contribution in [2.24, 2.45) is 0 Å². The molecule has 0 saturated heterocycles. The highest BCUT2D eigenvalue weighted by molar-refractivity contribution is 7.19. The first-order valence-corrected chi connectivity index (χ1v) is 6.37. The van der Waals surface area contributed by atoms with Crippen LogP contribution in [0.2, 0.25) is 0 Å². The summed E-state index contributed by atoms with van der Waals surface area (Å²) in [7, 11) is 0. The van der Waals surface area contributed by atoms with E-state index in [1.807, 2.05) is 29.0 Å². The molecule has 0 spiro atoms. The fourth-order valence-corrected chi connectivity index (χ4v) is 2.31. The lowest BCUT2D eigenvalue weighted by Gasteiger charge is -1.81. The molecule has 0 fully saturated rings. The van der Waals surface area contributed by atoms with E-state index in [0.29, 0.717) is 0 Å². The van der Waals surface area contributed by atoms with E-state index in [1.54, 1.807) is 47.5 Å². The summed E-state index contributed by atoms with van der Waals surface area (Å²) in [6.45, 7) is 0. The molecule has 0 aromatic carbocycles. The fourth-order valence-electron chi connectivity index (χ4n) is 0.971. The summed E-state index contributed by atoms with van der Waals surface area (Å²) in [5, 5.41) is 5.93. The average Bonchev–Trinajstić information content (AvgIpc) is 3.05. The molecule has 0 radical (unpaired) electrons. The SMILES string of the molecule is c1ccncc1.c1csc(-c2nccs2)n1. The molecule has 0 unspecified atom stereocenters. The van der Waals surface area contributed by atoms with Crippen LogP contribution >= 0.6 is 22.7 Å². The number of thiazole rings is 2. The molecular formula is C11H9N3S2. The smallest absolute Gasteiger partial charge is 0.152 e. The molecule has 3 nitrogen and oxygen atoms in total. The first kappa shape index (κ1) is 10.9. The number of hydrogen-bond acceptors (Lipinski definition) is 5. The van der Waals surface area contributed by atoms with Gasteiger partial charge in [-0.25, -0.2) is 9.97 Å². The molecule has 3 aromatic heterocycles. The average molecular weight is 247 g/mol. The Morgan fingerprint density at radius 3 is 1.50 bits per heavy atom. The van der Waals surface area contributed by atoms with Gasteiger partial charge in [-0.2, -0.15) is 0 Å². The highest BCUT2D eigenvalue weighted by Gasteiger charge is 2.00. The van der Waals surface area contributed by atoms with Gasteiger partial charge in [0.05, 0.1) is 0 Å². The van der Waals surface area contributed by atoms with E-state index in [-0.39, 0.29) is 0 Å². The van der Waals surface area contributed by atoms with Crippen molar-refractivity contribution in [3.05, 3.63) is 53.7 Å². The van der Waals surface area contributed by atoms with Crippen molar-refractivity contribution in [3.63, 3.8) is 0 Å². The molecule has 0 aliphatic rings. The van der Waals surface area contributed by atoms with Gasteiger partial charge in [0, 0.05) is 35.5 Å². The quantitative estimate of drug-likeness (QED) is 0.662. The van der Waals surface area contributed by atoms with Crippen molar-refractivity contribution in [1.82, 2.24) is 15.0 Å². The lowest BCUT2D eigenvalue weighted by Crippen LogP contribution is -1.68. The summed E-state index contributed by atoms with van der Waals surface area (Å²) < 4.78 is 0. The molecule has 0 aliphatic heterocycles. The third kappa shape index (κ3) is 3.22. The van der Waals surface area contributed by atoms with Gasteiger partial charge in [0.2, 0.25) is 0 Å². The van der Waals surface area contributed by atoms with E-state index in [4.69, 9.17) is 0 Å². The Hall–Kier alpha value is -1.59. The van der Waals surface area contributed by atoms with Gasteiger partial charge in [-0.1, -0.05) is 6.07 Å². The van der Waals surface area contributed by atoms with Gasteiger partial charge in [0.1, 0.15) is 0 Å². The Balaban J connectivity index is 0.000000138. The second-order valence-electron chi connectivity index (χ2n) is 2.70. The Morgan fingerprint density at radius 2 is 1.25 bits per heavy atom. The third-order valence-corrected chi connectivity index (χ3v) is 3.30.